The third kappa shape index (κ3) is 7.35. The first-order valence-corrected chi connectivity index (χ1v) is 19.1. The van der Waals surface area contributed by atoms with Crippen molar-refractivity contribution in [3.05, 3.63) is 45.1 Å². The predicted octanol–water partition coefficient (Wildman–Crippen LogP) is 1.20. The number of hydrogen-bond acceptors (Lipinski definition) is 15. The van der Waals surface area contributed by atoms with Gasteiger partial charge in [-0.05, 0) is 32.9 Å². The summed E-state index contributed by atoms with van der Waals surface area (Å²) in [6.07, 6.45) is 1.12. The van der Waals surface area contributed by atoms with Gasteiger partial charge in [-0.3, -0.25) is 19.3 Å². The van der Waals surface area contributed by atoms with Gasteiger partial charge in [-0.2, -0.15) is 0 Å². The van der Waals surface area contributed by atoms with Crippen molar-refractivity contribution in [3.8, 4) is 11.5 Å². The maximum absolute atomic E-state index is 13.8. The van der Waals surface area contributed by atoms with Crippen LogP contribution in [0, 0.1) is 0 Å². The summed E-state index contributed by atoms with van der Waals surface area (Å²) in [6.45, 7) is 6.42. The van der Waals surface area contributed by atoms with Gasteiger partial charge in [-0.1, -0.05) is 21.9 Å². The molecule has 0 unspecified atom stereocenters. The Morgan fingerprint density at radius 1 is 1.15 bits per heavy atom. The normalized spacial score (nSPS) is 25.6. The molecule has 0 saturated carbocycles. The number of nitrogens with zero attached hydrogens (tertiary/aromatic N) is 6. The summed E-state index contributed by atoms with van der Waals surface area (Å²) in [5.41, 5.74) is 3.49. The molecular formula is C33H38ClN8O11S2+. The molecule has 0 aliphatic carbocycles. The van der Waals surface area contributed by atoms with E-state index in [2.05, 4.69) is 20.6 Å². The summed E-state index contributed by atoms with van der Waals surface area (Å²) < 4.78 is 0.435. The summed E-state index contributed by atoms with van der Waals surface area (Å²) in [7, 11) is 0. The van der Waals surface area contributed by atoms with E-state index in [4.69, 9.17) is 22.2 Å². The van der Waals surface area contributed by atoms with Crippen molar-refractivity contribution >= 4 is 80.9 Å². The Hall–Kier alpha value is -5.12. The number of nitrogens with two attached hydrogens (primary N) is 1. The number of amides is 3. The van der Waals surface area contributed by atoms with Crippen LogP contribution < -0.4 is 11.1 Å². The molecule has 2 aromatic rings. The Balaban J connectivity index is 1.20. The number of phenols is 2. The molecule has 5 aliphatic heterocycles. The first kappa shape index (κ1) is 39.6. The number of quaternary nitrogens is 1. The summed E-state index contributed by atoms with van der Waals surface area (Å²) in [4.78, 5) is 77.4. The van der Waals surface area contributed by atoms with Gasteiger partial charge < -0.3 is 50.9 Å². The van der Waals surface area contributed by atoms with Crippen LogP contribution in [0.5, 0.6) is 11.5 Å². The second-order valence-electron chi connectivity index (χ2n) is 14.1. The molecule has 22 heteroatoms. The Morgan fingerprint density at radius 2 is 1.84 bits per heavy atom. The number of piperidine rings is 1. The van der Waals surface area contributed by atoms with Crippen LogP contribution in [0.25, 0.3) is 0 Å². The molecular weight excluding hydrogens is 784 g/mol. The lowest BCUT2D eigenvalue weighted by Crippen LogP contribution is -2.72. The van der Waals surface area contributed by atoms with Gasteiger partial charge in [-0.15, -0.1) is 23.1 Å². The standard InChI is InChI=1S/C33H37ClN8O11S2/c1-14-17(12-42-7-4-16(5-8-42)40(6-9-42)27(46)21(38-52)15-10-18(34)25(44)20(43)11-15)24(30(48)49)41-28(47)23(29(41)55-14)37-26(45)22(19-13-54-32(35)36-19)39-53-33(2,3)31(50)51/h10-11,13-14,16,23,29H,4-9,12H2,1-3H3,(H7-,35,36,37,38,39,43,44,45,46,48,49,50,51,52)/p+1/t14-,16?,23+,29+,42?/m0/s1. The minimum Gasteiger partial charge on any atom is -0.504 e. The average Bonchev–Trinajstić information content (AvgIpc) is 3.37. The smallest absolute Gasteiger partial charge is 0.352 e. The van der Waals surface area contributed by atoms with Gasteiger partial charge in [0, 0.05) is 40.7 Å². The topological polar surface area (TPSA) is 278 Å². The Morgan fingerprint density at radius 3 is 2.42 bits per heavy atom. The minimum atomic E-state index is -1.81. The van der Waals surface area contributed by atoms with Crippen molar-refractivity contribution in [2.45, 2.75) is 61.9 Å². The number of β-lactam (4-membered cyclic amide) rings is 1. The quantitative estimate of drug-likeness (QED) is 0.0419. The molecule has 3 atom stereocenters. The molecule has 8 N–H and O–H groups in total. The number of carbonyl (C=O) groups excluding carboxylic acids is 3. The van der Waals surface area contributed by atoms with Crippen LogP contribution in [0.2, 0.25) is 5.02 Å². The van der Waals surface area contributed by atoms with Crippen LogP contribution in [-0.2, 0) is 28.8 Å². The maximum atomic E-state index is 13.8. The van der Waals surface area contributed by atoms with E-state index < -0.39 is 69.1 Å². The number of nitrogen functional groups attached to an aromatic ring is 1. The molecule has 5 aliphatic rings. The van der Waals surface area contributed by atoms with Crippen LogP contribution in [-0.4, -0.2) is 147 Å². The first-order valence-electron chi connectivity index (χ1n) is 16.9. The number of phenolic OH excluding ortho intramolecular Hbond substituents is 2. The fourth-order valence-corrected chi connectivity index (χ4v) is 9.36. The van der Waals surface area contributed by atoms with Crippen LogP contribution in [0.3, 0.4) is 0 Å². The molecule has 0 radical (unpaired) electrons. The Kier molecular flexibility index (Phi) is 10.7. The van der Waals surface area contributed by atoms with Crippen LogP contribution >= 0.6 is 34.7 Å². The molecule has 6 heterocycles. The number of thiazole rings is 1. The zero-order chi connectivity index (χ0) is 40.1. The fourth-order valence-electron chi connectivity index (χ4n) is 7.15. The van der Waals surface area contributed by atoms with Crippen molar-refractivity contribution in [1.29, 1.82) is 0 Å². The number of carboxylic acids is 2. The highest BCUT2D eigenvalue weighted by molar-refractivity contribution is 8.00. The van der Waals surface area contributed by atoms with Gasteiger partial charge in [0.2, 0.25) is 5.60 Å². The molecule has 19 nitrogen and oxygen atoms in total. The summed E-state index contributed by atoms with van der Waals surface area (Å²) in [5, 5.41) is 59.3. The van der Waals surface area contributed by atoms with Crippen LogP contribution in [0.1, 0.15) is 44.9 Å². The van der Waals surface area contributed by atoms with Gasteiger partial charge in [0.25, 0.3) is 17.7 Å². The van der Waals surface area contributed by atoms with Gasteiger partial charge in [0.1, 0.15) is 29.4 Å². The summed E-state index contributed by atoms with van der Waals surface area (Å²) >= 11 is 8.30. The third-order valence-corrected chi connectivity index (χ3v) is 12.7. The summed E-state index contributed by atoms with van der Waals surface area (Å²) in [6, 6.07) is 0.911. The monoisotopic (exact) mass is 821 g/mol. The average molecular weight is 822 g/mol. The highest BCUT2D eigenvalue weighted by atomic mass is 35.5. The predicted molar refractivity (Wildman–Crippen MR) is 198 cm³/mol. The zero-order valence-electron chi connectivity index (χ0n) is 29.6. The van der Waals surface area contributed by atoms with Crippen molar-refractivity contribution in [2.75, 3.05) is 38.5 Å². The lowest BCUT2D eigenvalue weighted by Gasteiger charge is -2.52. The molecule has 55 heavy (non-hydrogen) atoms. The first-order chi connectivity index (χ1) is 25.9. The number of benzene rings is 1. The van der Waals surface area contributed by atoms with Crippen LogP contribution in [0.15, 0.2) is 39.1 Å². The highest BCUT2D eigenvalue weighted by Gasteiger charge is 2.57. The molecule has 7 rings (SSSR count). The van der Waals surface area contributed by atoms with Gasteiger partial charge >= 0.3 is 11.9 Å². The van der Waals surface area contributed by atoms with E-state index in [0.29, 0.717) is 42.5 Å². The molecule has 294 valence electrons. The van der Waals surface area contributed by atoms with Crippen molar-refractivity contribution in [1.82, 2.24) is 20.1 Å². The van der Waals surface area contributed by atoms with E-state index in [1.165, 1.54) is 37.1 Å². The van der Waals surface area contributed by atoms with Crippen molar-refractivity contribution < 1.29 is 58.9 Å². The van der Waals surface area contributed by atoms with E-state index in [0.717, 1.165) is 22.3 Å². The molecule has 3 amide bonds. The summed E-state index contributed by atoms with van der Waals surface area (Å²) in [5.74, 6) is -6.01. The molecule has 1 aromatic heterocycles. The highest BCUT2D eigenvalue weighted by Crippen LogP contribution is 2.45. The van der Waals surface area contributed by atoms with Gasteiger partial charge in [0.05, 0.1) is 31.2 Å². The number of rotatable bonds is 11. The molecule has 1 aromatic carbocycles. The van der Waals surface area contributed by atoms with E-state index in [1.54, 1.807) is 4.90 Å². The minimum absolute atomic E-state index is 0.00942. The van der Waals surface area contributed by atoms with Crippen molar-refractivity contribution in [3.63, 3.8) is 0 Å². The number of oxime groups is 2. The number of thioether (sulfide) groups is 1. The number of aromatic hydroxyl groups is 2. The second kappa shape index (κ2) is 14.8. The molecule has 4 fully saturated rings. The lowest BCUT2D eigenvalue weighted by atomic mass is 9.97. The zero-order valence-corrected chi connectivity index (χ0v) is 32.0. The number of aliphatic carboxylic acids is 2. The number of carbonyl (C=O) groups is 5. The fraction of sp³-hybridized carbons (Fsp3) is 0.455. The van der Waals surface area contributed by atoms with Crippen molar-refractivity contribution in [2.24, 2.45) is 10.3 Å². The van der Waals surface area contributed by atoms with E-state index in [9.17, 15) is 49.6 Å². The maximum Gasteiger partial charge on any atom is 0.352 e. The number of anilines is 1. The van der Waals surface area contributed by atoms with Gasteiger partial charge in [-0.25, -0.2) is 14.6 Å². The van der Waals surface area contributed by atoms with E-state index in [-0.39, 0.29) is 52.0 Å². The molecule has 4 saturated heterocycles. The van der Waals surface area contributed by atoms with Crippen LogP contribution in [0.4, 0.5) is 5.13 Å². The SMILES string of the molecule is C[C@@H]1S[C@@H]2[C@H](NC(=O)/C(=N\OC(C)(C)C(=O)O)c3csc(N)n3)C(=O)N2C(C(=O)O)=C1C[N+]12CCC(CC1)N(C(=O)C(=NO)c1cc(O)c(O)c(Cl)c1)CC2. The molecule has 2 bridgehead atoms. The second-order valence-corrected chi connectivity index (χ2v) is 16.9. The molecule has 0 spiro atoms. The van der Waals surface area contributed by atoms with Gasteiger partial charge in [0.15, 0.2) is 28.1 Å². The number of nitrogens with one attached hydrogen (secondary N) is 1. The number of carboxylic acid groups (broad SMARTS) is 2. The Bertz CT molecular complexity index is 2040. The Labute approximate surface area is 326 Å². The third-order valence-electron chi connectivity index (χ3n) is 10.3. The number of aromatic nitrogens is 1. The van der Waals surface area contributed by atoms with E-state index in [1.807, 2.05) is 6.92 Å². The number of halogens is 1. The van der Waals surface area contributed by atoms with E-state index >= 15 is 0 Å². The number of fused-ring (bicyclic) bond motifs is 5. The largest absolute Gasteiger partial charge is 0.504 e. The number of hydrogen-bond donors (Lipinski definition) is 7. The lowest BCUT2D eigenvalue weighted by molar-refractivity contribution is -0.925.